The summed E-state index contributed by atoms with van der Waals surface area (Å²) in [5.41, 5.74) is 0.0855. The number of amides is 1. The molecule has 16 heavy (non-hydrogen) atoms. The molecule has 1 aliphatic rings. The molecule has 0 bridgehead atoms. The highest BCUT2D eigenvalue weighted by atomic mass is 19.3. The normalized spacial score (nSPS) is 14.1. The summed E-state index contributed by atoms with van der Waals surface area (Å²) in [6, 6.07) is 3.80. The maximum atomic E-state index is 12.2. The molecule has 1 aromatic carbocycles. The number of ketones is 1. The van der Waals surface area contributed by atoms with Gasteiger partial charge in [-0.3, -0.25) is 9.59 Å². The van der Waals surface area contributed by atoms with Gasteiger partial charge in [-0.2, -0.15) is 0 Å². The van der Waals surface area contributed by atoms with E-state index in [4.69, 9.17) is 4.74 Å². The molecule has 1 heterocycles. The first-order valence-electron chi connectivity index (χ1n) is 4.47. The number of anilines is 1. The lowest BCUT2D eigenvalue weighted by Crippen LogP contribution is -2.25. The van der Waals surface area contributed by atoms with E-state index in [-0.39, 0.29) is 23.8 Å². The predicted molar refractivity (Wildman–Crippen MR) is 50.9 cm³/mol. The molecule has 0 aromatic heterocycles. The Morgan fingerprint density at radius 3 is 2.88 bits per heavy atom. The summed E-state index contributed by atoms with van der Waals surface area (Å²) in [5.74, 6) is -1.29. The van der Waals surface area contributed by atoms with Crippen LogP contribution in [0.3, 0.4) is 0 Å². The SMILES string of the molecule is O=C1COc2ccc(C(=O)C(F)F)cc2N1. The van der Waals surface area contributed by atoms with Gasteiger partial charge >= 0.3 is 6.43 Å². The molecule has 0 fully saturated rings. The van der Waals surface area contributed by atoms with E-state index >= 15 is 0 Å². The van der Waals surface area contributed by atoms with Crippen molar-refractivity contribution in [2.24, 2.45) is 0 Å². The molecule has 0 saturated heterocycles. The highest BCUT2D eigenvalue weighted by Gasteiger charge is 2.21. The molecular weight excluding hydrogens is 220 g/mol. The van der Waals surface area contributed by atoms with Gasteiger partial charge in [0.2, 0.25) is 5.78 Å². The number of nitrogens with one attached hydrogen (secondary N) is 1. The smallest absolute Gasteiger partial charge is 0.300 e. The van der Waals surface area contributed by atoms with Crippen LogP contribution in [-0.4, -0.2) is 24.7 Å². The molecule has 84 valence electrons. The fraction of sp³-hybridized carbons (Fsp3) is 0.200. The zero-order valence-corrected chi connectivity index (χ0v) is 8.00. The van der Waals surface area contributed by atoms with Gasteiger partial charge in [0.15, 0.2) is 6.61 Å². The number of fused-ring (bicyclic) bond motifs is 1. The van der Waals surface area contributed by atoms with Crippen LogP contribution in [0, 0.1) is 0 Å². The van der Waals surface area contributed by atoms with Crippen molar-refractivity contribution in [3.8, 4) is 5.75 Å². The topological polar surface area (TPSA) is 55.4 Å². The van der Waals surface area contributed by atoms with E-state index in [1.165, 1.54) is 18.2 Å². The minimum atomic E-state index is -3.06. The van der Waals surface area contributed by atoms with Gasteiger partial charge in [0.1, 0.15) is 5.75 Å². The summed E-state index contributed by atoms with van der Waals surface area (Å²) in [4.78, 5) is 22.0. The van der Waals surface area contributed by atoms with E-state index in [9.17, 15) is 18.4 Å². The van der Waals surface area contributed by atoms with Crippen molar-refractivity contribution in [1.29, 1.82) is 0 Å². The molecule has 1 amide bonds. The van der Waals surface area contributed by atoms with Crippen molar-refractivity contribution in [3.05, 3.63) is 23.8 Å². The Hall–Kier alpha value is -1.98. The lowest BCUT2D eigenvalue weighted by molar-refractivity contribution is -0.118. The minimum absolute atomic E-state index is 0.116. The third-order valence-corrected chi connectivity index (χ3v) is 2.10. The summed E-state index contributed by atoms with van der Waals surface area (Å²) >= 11 is 0. The molecule has 0 saturated carbocycles. The zero-order chi connectivity index (χ0) is 11.7. The summed E-state index contributed by atoms with van der Waals surface area (Å²) in [6.45, 7) is -0.116. The first-order chi connectivity index (χ1) is 7.58. The molecule has 0 unspecified atom stereocenters. The van der Waals surface area contributed by atoms with Gasteiger partial charge in [-0.1, -0.05) is 0 Å². The largest absolute Gasteiger partial charge is 0.482 e. The Morgan fingerprint density at radius 1 is 1.44 bits per heavy atom. The average molecular weight is 227 g/mol. The number of carbonyl (C=O) groups excluding carboxylic acids is 2. The fourth-order valence-electron chi connectivity index (χ4n) is 1.36. The second-order valence-electron chi connectivity index (χ2n) is 3.21. The lowest BCUT2D eigenvalue weighted by Gasteiger charge is -2.18. The van der Waals surface area contributed by atoms with Crippen molar-refractivity contribution < 1.29 is 23.1 Å². The van der Waals surface area contributed by atoms with Crippen molar-refractivity contribution in [3.63, 3.8) is 0 Å². The molecular formula is C10H7F2NO3. The Kier molecular flexibility index (Phi) is 2.55. The van der Waals surface area contributed by atoms with Crippen LogP contribution in [0.4, 0.5) is 14.5 Å². The van der Waals surface area contributed by atoms with Gasteiger partial charge in [-0.15, -0.1) is 0 Å². The van der Waals surface area contributed by atoms with Crippen LogP contribution in [0.5, 0.6) is 5.75 Å². The van der Waals surface area contributed by atoms with Gasteiger partial charge in [-0.25, -0.2) is 8.78 Å². The van der Waals surface area contributed by atoms with E-state index in [1.54, 1.807) is 0 Å². The third kappa shape index (κ3) is 1.86. The van der Waals surface area contributed by atoms with Crippen LogP contribution in [0.1, 0.15) is 10.4 Å². The van der Waals surface area contributed by atoms with Gasteiger partial charge in [0.25, 0.3) is 5.91 Å². The van der Waals surface area contributed by atoms with E-state index in [1.807, 2.05) is 0 Å². The molecule has 4 nitrogen and oxygen atoms in total. The van der Waals surface area contributed by atoms with Crippen molar-refractivity contribution >= 4 is 17.4 Å². The number of Topliss-reactive ketones (excluding diaryl/α,β-unsaturated/α-hetero) is 1. The number of carbonyl (C=O) groups is 2. The molecule has 1 aromatic rings. The Morgan fingerprint density at radius 2 is 2.19 bits per heavy atom. The first kappa shape index (κ1) is 10.5. The van der Waals surface area contributed by atoms with E-state index < -0.39 is 12.2 Å². The molecule has 1 N–H and O–H groups in total. The van der Waals surface area contributed by atoms with E-state index in [0.29, 0.717) is 5.75 Å². The molecule has 0 spiro atoms. The zero-order valence-electron chi connectivity index (χ0n) is 8.00. The monoisotopic (exact) mass is 227 g/mol. The highest BCUT2D eigenvalue weighted by Crippen LogP contribution is 2.29. The molecule has 6 heteroatoms. The second kappa shape index (κ2) is 3.88. The summed E-state index contributed by atoms with van der Waals surface area (Å²) < 4.78 is 29.3. The Balaban J connectivity index is 2.35. The van der Waals surface area contributed by atoms with Gasteiger partial charge in [0.05, 0.1) is 5.69 Å². The average Bonchev–Trinajstić information content (AvgIpc) is 2.26. The van der Waals surface area contributed by atoms with Crippen LogP contribution < -0.4 is 10.1 Å². The first-order valence-corrected chi connectivity index (χ1v) is 4.47. The van der Waals surface area contributed by atoms with Gasteiger partial charge in [0, 0.05) is 5.56 Å². The molecule has 0 atom stereocenters. The molecule has 0 aliphatic carbocycles. The third-order valence-electron chi connectivity index (χ3n) is 2.10. The van der Waals surface area contributed by atoms with Crippen LogP contribution in [-0.2, 0) is 4.79 Å². The quantitative estimate of drug-likeness (QED) is 0.778. The van der Waals surface area contributed by atoms with Gasteiger partial charge < -0.3 is 10.1 Å². The summed E-state index contributed by atoms with van der Waals surface area (Å²) in [7, 11) is 0. The van der Waals surface area contributed by atoms with Crippen LogP contribution in [0.2, 0.25) is 0 Å². The number of rotatable bonds is 2. The number of halogens is 2. The number of benzene rings is 1. The Bertz CT molecular complexity index is 459. The maximum absolute atomic E-state index is 12.2. The van der Waals surface area contributed by atoms with E-state index in [2.05, 4.69) is 5.32 Å². The molecule has 1 aliphatic heterocycles. The number of alkyl halides is 2. The summed E-state index contributed by atoms with van der Waals surface area (Å²) in [6.07, 6.45) is -3.06. The molecule has 0 radical (unpaired) electrons. The standard InChI is InChI=1S/C10H7F2NO3/c11-10(12)9(15)5-1-2-7-6(3-5)13-8(14)4-16-7/h1-3,10H,4H2,(H,13,14). The predicted octanol–water partition coefficient (Wildman–Crippen LogP) is 1.47. The fourth-order valence-corrected chi connectivity index (χ4v) is 1.36. The van der Waals surface area contributed by atoms with Crippen molar-refractivity contribution in [2.75, 3.05) is 11.9 Å². The number of hydrogen-bond donors (Lipinski definition) is 1. The lowest BCUT2D eigenvalue weighted by atomic mass is 10.1. The maximum Gasteiger partial charge on any atom is 0.300 e. The molecule has 2 rings (SSSR count). The van der Waals surface area contributed by atoms with Crippen LogP contribution in [0.15, 0.2) is 18.2 Å². The van der Waals surface area contributed by atoms with E-state index in [0.717, 1.165) is 0 Å². The van der Waals surface area contributed by atoms with Crippen molar-refractivity contribution in [2.45, 2.75) is 6.43 Å². The second-order valence-corrected chi connectivity index (χ2v) is 3.21. The van der Waals surface area contributed by atoms with Crippen molar-refractivity contribution in [1.82, 2.24) is 0 Å². The summed E-state index contributed by atoms with van der Waals surface area (Å²) in [5, 5.41) is 2.43. The van der Waals surface area contributed by atoms with Gasteiger partial charge in [-0.05, 0) is 18.2 Å². The highest BCUT2D eigenvalue weighted by molar-refractivity contribution is 6.02. The minimum Gasteiger partial charge on any atom is -0.482 e. The Labute approximate surface area is 89.2 Å². The number of ether oxygens (including phenoxy) is 1. The number of hydrogen-bond acceptors (Lipinski definition) is 3. The van der Waals surface area contributed by atoms with Crippen LogP contribution >= 0.6 is 0 Å². The van der Waals surface area contributed by atoms with Crippen LogP contribution in [0.25, 0.3) is 0 Å².